The van der Waals surface area contributed by atoms with Gasteiger partial charge in [-0.1, -0.05) is 103 Å². The highest BCUT2D eigenvalue weighted by molar-refractivity contribution is 6.20. The summed E-state index contributed by atoms with van der Waals surface area (Å²) in [6.45, 7) is 2.01. The van der Waals surface area contributed by atoms with Crippen molar-refractivity contribution in [3.8, 4) is 11.1 Å². The van der Waals surface area contributed by atoms with Crippen LogP contribution in [0.2, 0.25) is 0 Å². The minimum Gasteiger partial charge on any atom is -0.456 e. The van der Waals surface area contributed by atoms with Gasteiger partial charge in [0.15, 0.2) is 0 Å². The fourth-order valence-electron chi connectivity index (χ4n) is 6.15. The standard InChI is InChI=1S/C39H28N2O2/c1-3-4-20-35-36(39-40-37(25-13-6-5-7-14-25)30-16-8-10-19-32(30)41(39)2)31-24-26(22-23-34(31)42-35)27-17-12-18-29-28-15-9-11-21-33(28)43-38(27)29/h3-24H,1-2H3/b4-3-,35-20+,39-36-. The van der Waals surface area contributed by atoms with Crippen LogP contribution in [0.4, 0.5) is 5.69 Å². The Labute approximate surface area is 248 Å². The Morgan fingerprint density at radius 1 is 0.651 bits per heavy atom. The summed E-state index contributed by atoms with van der Waals surface area (Å²) in [5.41, 5.74) is 9.67. The fourth-order valence-corrected chi connectivity index (χ4v) is 6.15. The molecule has 43 heavy (non-hydrogen) atoms. The van der Waals surface area contributed by atoms with E-state index in [-0.39, 0.29) is 0 Å². The van der Waals surface area contributed by atoms with Gasteiger partial charge in [-0.25, -0.2) is 4.99 Å². The second-order valence-corrected chi connectivity index (χ2v) is 10.8. The summed E-state index contributed by atoms with van der Waals surface area (Å²) >= 11 is 0. The number of hydrogen-bond acceptors (Lipinski definition) is 4. The molecule has 0 N–H and O–H groups in total. The van der Waals surface area contributed by atoms with E-state index in [1.54, 1.807) is 0 Å². The van der Waals surface area contributed by atoms with E-state index in [1.165, 1.54) is 0 Å². The van der Waals surface area contributed by atoms with Gasteiger partial charge in [-0.05, 0) is 42.8 Å². The second-order valence-electron chi connectivity index (χ2n) is 10.8. The molecule has 0 spiro atoms. The van der Waals surface area contributed by atoms with E-state index in [0.29, 0.717) is 0 Å². The molecule has 0 amide bonds. The van der Waals surface area contributed by atoms with Crippen molar-refractivity contribution in [2.45, 2.75) is 6.92 Å². The third-order valence-corrected chi connectivity index (χ3v) is 8.20. The number of hydrogen-bond donors (Lipinski definition) is 0. The molecule has 0 saturated heterocycles. The molecule has 1 aliphatic heterocycles. The van der Waals surface area contributed by atoms with Crippen LogP contribution in [0.25, 0.3) is 55.9 Å². The lowest BCUT2D eigenvalue weighted by Gasteiger charge is -2.28. The molecule has 1 aliphatic rings. The maximum atomic E-state index is 6.51. The molecule has 0 radical (unpaired) electrons. The number of rotatable bonds is 3. The number of fused-ring (bicyclic) bond motifs is 5. The maximum absolute atomic E-state index is 6.51. The van der Waals surface area contributed by atoms with Crippen molar-refractivity contribution in [3.05, 3.63) is 149 Å². The van der Waals surface area contributed by atoms with Crippen molar-refractivity contribution in [1.29, 1.82) is 0 Å². The van der Waals surface area contributed by atoms with Gasteiger partial charge in [-0.15, -0.1) is 0 Å². The predicted molar refractivity (Wildman–Crippen MR) is 178 cm³/mol. The first-order valence-electron chi connectivity index (χ1n) is 14.5. The average Bonchev–Trinajstić information content (AvgIpc) is 3.62. The summed E-state index contributed by atoms with van der Waals surface area (Å²) in [5, 5.41) is 4.18. The van der Waals surface area contributed by atoms with E-state index in [2.05, 4.69) is 109 Å². The molecule has 206 valence electrons. The molecule has 4 nitrogen and oxygen atoms in total. The second kappa shape index (κ2) is 10.0. The predicted octanol–water partition coefficient (Wildman–Crippen LogP) is 8.41. The van der Waals surface area contributed by atoms with E-state index in [1.807, 2.05) is 43.4 Å². The van der Waals surface area contributed by atoms with Crippen molar-refractivity contribution >= 4 is 56.2 Å². The Hall–Kier alpha value is -5.61. The van der Waals surface area contributed by atoms with Gasteiger partial charge in [-0.2, -0.15) is 0 Å². The Bertz CT molecular complexity index is 2370. The number of nitrogens with zero attached hydrogens (tertiary/aromatic N) is 2. The molecular formula is C39H28N2O2. The SMILES string of the molecule is C\C=C/C=c1/oc2ccc(-c3cccc4c3oc3ccccc34)cc2/c1=C1\N=C(c2ccccc2)c2ccccc2N1C. The number of furan rings is 2. The smallest absolute Gasteiger partial charge is 0.145 e. The maximum Gasteiger partial charge on any atom is 0.145 e. The summed E-state index contributed by atoms with van der Waals surface area (Å²) in [6.07, 6.45) is 6.04. The van der Waals surface area contributed by atoms with Crippen LogP contribution in [0.1, 0.15) is 18.1 Å². The number of aliphatic imine (C=N–C) groups is 1. The Balaban J connectivity index is 1.46. The quantitative estimate of drug-likeness (QED) is 0.219. The van der Waals surface area contributed by atoms with Gasteiger partial charge in [-0.3, -0.25) is 0 Å². The van der Waals surface area contributed by atoms with Crippen LogP contribution in [-0.4, -0.2) is 12.8 Å². The molecule has 4 heteroatoms. The Kier molecular flexibility index (Phi) is 5.86. The first kappa shape index (κ1) is 25.1. The molecule has 2 aromatic heterocycles. The van der Waals surface area contributed by atoms with Crippen molar-refractivity contribution < 1.29 is 8.83 Å². The largest absolute Gasteiger partial charge is 0.456 e. The van der Waals surface area contributed by atoms with Crippen LogP contribution >= 0.6 is 0 Å². The van der Waals surface area contributed by atoms with E-state index in [4.69, 9.17) is 13.8 Å². The van der Waals surface area contributed by atoms with Gasteiger partial charge in [0.2, 0.25) is 0 Å². The molecule has 0 saturated carbocycles. The zero-order valence-corrected chi connectivity index (χ0v) is 23.9. The molecule has 3 heterocycles. The fraction of sp³-hybridized carbons (Fsp3) is 0.0513. The molecule has 5 aromatic carbocycles. The van der Waals surface area contributed by atoms with Crippen molar-refractivity contribution in [1.82, 2.24) is 0 Å². The molecule has 0 fully saturated rings. The molecule has 0 aliphatic carbocycles. The third kappa shape index (κ3) is 4.03. The van der Waals surface area contributed by atoms with Crippen LogP contribution in [0.5, 0.6) is 0 Å². The summed E-state index contributed by atoms with van der Waals surface area (Å²) in [6, 6.07) is 39.7. The topological polar surface area (TPSA) is 41.9 Å². The van der Waals surface area contributed by atoms with Crippen LogP contribution < -0.4 is 15.5 Å². The van der Waals surface area contributed by atoms with Crippen LogP contribution in [0, 0.1) is 0 Å². The van der Waals surface area contributed by atoms with Crippen molar-refractivity contribution in [2.75, 3.05) is 11.9 Å². The lowest BCUT2D eigenvalue weighted by Crippen LogP contribution is -2.33. The minimum atomic E-state index is 0.768. The normalized spacial score (nSPS) is 15.2. The summed E-state index contributed by atoms with van der Waals surface area (Å²) in [5.74, 6) is 0.839. The number of para-hydroxylation sites is 3. The van der Waals surface area contributed by atoms with Gasteiger partial charge < -0.3 is 13.7 Å². The average molecular weight is 557 g/mol. The zero-order valence-electron chi connectivity index (χ0n) is 23.9. The van der Waals surface area contributed by atoms with Gasteiger partial charge in [0, 0.05) is 39.9 Å². The molecule has 0 atom stereocenters. The van der Waals surface area contributed by atoms with E-state index < -0.39 is 0 Å². The Morgan fingerprint density at radius 2 is 1.40 bits per heavy atom. The number of benzene rings is 5. The molecule has 0 unspecified atom stereocenters. The van der Waals surface area contributed by atoms with Crippen LogP contribution in [0.3, 0.4) is 0 Å². The first-order valence-corrected chi connectivity index (χ1v) is 14.5. The van der Waals surface area contributed by atoms with Gasteiger partial charge in [0.05, 0.1) is 16.6 Å². The zero-order chi connectivity index (χ0) is 28.9. The molecule has 0 bridgehead atoms. The lowest BCUT2D eigenvalue weighted by atomic mass is 9.98. The minimum absolute atomic E-state index is 0.768. The number of anilines is 1. The molecule has 7 aromatic rings. The highest BCUT2D eigenvalue weighted by atomic mass is 16.3. The lowest BCUT2D eigenvalue weighted by molar-refractivity contribution is 0.575. The molecule has 8 rings (SSSR count). The molecular weight excluding hydrogens is 528 g/mol. The summed E-state index contributed by atoms with van der Waals surface area (Å²) in [7, 11) is 2.08. The highest BCUT2D eigenvalue weighted by Gasteiger charge is 2.24. The third-order valence-electron chi connectivity index (χ3n) is 8.20. The van der Waals surface area contributed by atoms with E-state index in [9.17, 15) is 0 Å². The summed E-state index contributed by atoms with van der Waals surface area (Å²) in [4.78, 5) is 7.53. The highest BCUT2D eigenvalue weighted by Crippen LogP contribution is 2.37. The van der Waals surface area contributed by atoms with E-state index in [0.717, 1.165) is 83.0 Å². The van der Waals surface area contributed by atoms with Crippen molar-refractivity contribution in [2.24, 2.45) is 4.99 Å². The summed E-state index contributed by atoms with van der Waals surface area (Å²) < 4.78 is 12.9. The van der Waals surface area contributed by atoms with Gasteiger partial charge >= 0.3 is 0 Å². The van der Waals surface area contributed by atoms with Gasteiger partial charge in [0.1, 0.15) is 28.0 Å². The monoisotopic (exact) mass is 556 g/mol. The first-order chi connectivity index (χ1) is 21.2. The Morgan fingerprint density at radius 3 is 2.28 bits per heavy atom. The van der Waals surface area contributed by atoms with Crippen LogP contribution in [-0.2, 0) is 0 Å². The van der Waals surface area contributed by atoms with Crippen molar-refractivity contribution in [3.63, 3.8) is 0 Å². The van der Waals surface area contributed by atoms with Crippen LogP contribution in [0.15, 0.2) is 141 Å². The number of allylic oxidation sites excluding steroid dienone is 2. The van der Waals surface area contributed by atoms with Gasteiger partial charge in [0.25, 0.3) is 0 Å². The van der Waals surface area contributed by atoms with E-state index >= 15 is 0 Å².